The minimum Gasteiger partial charge on any atom is -0.760 e. The van der Waals surface area contributed by atoms with Crippen molar-refractivity contribution in [1.29, 1.82) is 0 Å². The van der Waals surface area contributed by atoms with Crippen molar-refractivity contribution in [2.45, 2.75) is 32.7 Å². The van der Waals surface area contributed by atoms with Crippen LogP contribution in [0.25, 0.3) is 10.8 Å². The number of fused-ring (bicyclic) bond motifs is 1. The van der Waals surface area contributed by atoms with Gasteiger partial charge in [0.1, 0.15) is 29.6 Å². The van der Waals surface area contributed by atoms with Gasteiger partial charge in [0.2, 0.25) is 11.8 Å². The van der Waals surface area contributed by atoms with Crippen molar-refractivity contribution in [3.05, 3.63) is 90.1 Å². The molecule has 0 saturated carbocycles. The van der Waals surface area contributed by atoms with E-state index in [1.54, 1.807) is 56.8 Å². The highest BCUT2D eigenvalue weighted by Crippen LogP contribution is 2.37. The Labute approximate surface area is 340 Å². The molecule has 5 rings (SSSR count). The van der Waals surface area contributed by atoms with E-state index in [0.717, 1.165) is 10.9 Å². The summed E-state index contributed by atoms with van der Waals surface area (Å²) >= 11 is -2.48. The van der Waals surface area contributed by atoms with E-state index in [0.29, 0.717) is 90.7 Å². The number of anilines is 4. The number of amides is 2. The third-order valence-corrected chi connectivity index (χ3v) is 8.89. The van der Waals surface area contributed by atoms with Crippen LogP contribution >= 0.6 is 0 Å². The molecule has 0 radical (unpaired) electrons. The highest BCUT2D eigenvalue weighted by atomic mass is 32.2. The molecule has 1 heterocycles. The lowest BCUT2D eigenvalue weighted by molar-refractivity contribution is 0.0179. The average molecular weight is 818 g/mol. The van der Waals surface area contributed by atoms with Gasteiger partial charge < -0.3 is 53.7 Å². The average Bonchev–Trinajstić information content (AvgIpc) is 3.20. The van der Waals surface area contributed by atoms with Crippen LogP contribution in [0.4, 0.5) is 27.8 Å². The van der Waals surface area contributed by atoms with E-state index in [4.69, 9.17) is 33.2 Å². The van der Waals surface area contributed by atoms with Gasteiger partial charge >= 0.3 is 6.03 Å². The van der Waals surface area contributed by atoms with Crippen LogP contribution in [0.2, 0.25) is 0 Å². The predicted molar refractivity (Wildman–Crippen MR) is 221 cm³/mol. The van der Waals surface area contributed by atoms with Crippen LogP contribution < -0.4 is 39.6 Å². The van der Waals surface area contributed by atoms with E-state index in [9.17, 15) is 13.6 Å². The number of urea groups is 1. The molecule has 17 heteroatoms. The Balaban J connectivity index is 1.27. The largest absolute Gasteiger partial charge is 0.760 e. The summed E-state index contributed by atoms with van der Waals surface area (Å²) in [7, 11) is 4.66. The minimum absolute atomic E-state index is 0.0172. The number of carbonyl (C=O) groups excluding carboxylic acids is 1. The lowest BCUT2D eigenvalue weighted by Crippen LogP contribution is -2.22. The molecule has 1 aromatic heterocycles. The van der Waals surface area contributed by atoms with Crippen LogP contribution in [0.3, 0.4) is 0 Å². The van der Waals surface area contributed by atoms with E-state index in [1.165, 1.54) is 7.11 Å². The molecule has 4 N–H and O–H groups in total. The lowest BCUT2D eigenvalue weighted by Gasteiger charge is -2.24. The van der Waals surface area contributed by atoms with Crippen molar-refractivity contribution in [2.24, 2.45) is 0 Å². The first-order valence-corrected chi connectivity index (χ1v) is 19.4. The van der Waals surface area contributed by atoms with Crippen LogP contribution in [-0.4, -0.2) is 85.7 Å². The van der Waals surface area contributed by atoms with Gasteiger partial charge in [-0.15, -0.1) is 0 Å². The zero-order valence-corrected chi connectivity index (χ0v) is 34.2. The molecule has 0 spiro atoms. The summed E-state index contributed by atoms with van der Waals surface area (Å²) in [5.41, 5.74) is 2.68. The first-order chi connectivity index (χ1) is 28.0. The standard InChI is InChI=1S/C41H50N6O10S/c1-41(2,3)28-21-27(26-43-58(49)50)38(53-6)35(22-28)46-40(48)45-34-11-12-36(33-10-8-7-9-32(33)34)57-37-13-14-42-39(47-37)44-29-23-30(52-5)25-31(24-29)56-20-19-55-18-17-54-16-15-51-4/h7-14,21-25,43H,15-20,26H2,1-6H3,(H,49,50)(H,42,44,47)(H2,45,46,48)/p-1. The third kappa shape index (κ3) is 12.7. The Morgan fingerprint density at radius 1 is 0.793 bits per heavy atom. The number of hydrogen-bond acceptors (Lipinski definition) is 13. The number of ether oxygens (including phenoxy) is 7. The molecule has 0 aliphatic heterocycles. The number of rotatable bonds is 21. The fraction of sp³-hybridized carbons (Fsp3) is 0.341. The SMILES string of the molecule is COCCOCCOCCOc1cc(Nc2nccc(Oc3ccc(NC(=O)Nc4cc(C(C)(C)C)cc(CNS(=O)[O-])c4OC)c4ccccc34)n2)cc(OC)c1. The summed E-state index contributed by atoms with van der Waals surface area (Å²) in [6.45, 7) is 8.73. The van der Waals surface area contributed by atoms with E-state index < -0.39 is 17.3 Å². The van der Waals surface area contributed by atoms with Gasteiger partial charge in [-0.05, 0) is 29.2 Å². The second-order valence-electron chi connectivity index (χ2n) is 13.7. The number of hydrogen-bond donors (Lipinski definition) is 4. The van der Waals surface area contributed by atoms with E-state index in [1.807, 2.05) is 57.2 Å². The van der Waals surface area contributed by atoms with Gasteiger partial charge in [0.15, 0.2) is 0 Å². The molecule has 0 aliphatic rings. The molecular formula is C41H49N6O10S-. The second-order valence-corrected chi connectivity index (χ2v) is 14.4. The van der Waals surface area contributed by atoms with Gasteiger partial charge in [0.05, 0.1) is 58.6 Å². The normalized spacial score (nSPS) is 11.8. The Kier molecular flexibility index (Phi) is 16.0. The summed E-state index contributed by atoms with van der Waals surface area (Å²) in [6, 6.07) is 21.1. The van der Waals surface area contributed by atoms with Gasteiger partial charge in [-0.3, -0.25) is 4.21 Å². The predicted octanol–water partition coefficient (Wildman–Crippen LogP) is 7.07. The Morgan fingerprint density at radius 2 is 1.50 bits per heavy atom. The molecule has 310 valence electrons. The van der Waals surface area contributed by atoms with E-state index in [-0.39, 0.29) is 23.8 Å². The molecule has 4 aromatic carbocycles. The maximum absolute atomic E-state index is 13.5. The van der Waals surface area contributed by atoms with E-state index >= 15 is 0 Å². The van der Waals surface area contributed by atoms with Crippen molar-refractivity contribution in [1.82, 2.24) is 14.7 Å². The highest BCUT2D eigenvalue weighted by Gasteiger charge is 2.21. The van der Waals surface area contributed by atoms with Crippen LogP contribution in [0.15, 0.2) is 79.0 Å². The number of carbonyl (C=O) groups is 1. The van der Waals surface area contributed by atoms with Crippen LogP contribution in [0, 0.1) is 0 Å². The van der Waals surface area contributed by atoms with Crippen LogP contribution in [0.1, 0.15) is 31.9 Å². The molecule has 0 fully saturated rings. The monoisotopic (exact) mass is 817 g/mol. The number of nitrogens with zero attached hydrogens (tertiary/aromatic N) is 2. The molecule has 1 atom stereocenters. The summed E-state index contributed by atoms with van der Waals surface area (Å²) < 4.78 is 64.1. The Hall–Kier alpha value is -5.56. The van der Waals surface area contributed by atoms with Gasteiger partial charge in [-0.25, -0.2) is 14.5 Å². The van der Waals surface area contributed by atoms with E-state index in [2.05, 4.69) is 30.6 Å². The van der Waals surface area contributed by atoms with Gasteiger partial charge in [0.25, 0.3) is 0 Å². The van der Waals surface area contributed by atoms with Crippen LogP contribution in [-0.2, 0) is 37.4 Å². The number of methoxy groups -OCH3 is 3. The molecule has 0 saturated heterocycles. The Morgan fingerprint density at radius 3 is 2.21 bits per heavy atom. The van der Waals surface area contributed by atoms with Crippen molar-refractivity contribution in [2.75, 3.05) is 76.9 Å². The smallest absolute Gasteiger partial charge is 0.323 e. The minimum atomic E-state index is -2.48. The van der Waals surface area contributed by atoms with Crippen molar-refractivity contribution in [3.63, 3.8) is 0 Å². The molecule has 0 aliphatic carbocycles. The number of nitrogens with one attached hydrogen (secondary N) is 4. The summed E-state index contributed by atoms with van der Waals surface area (Å²) in [5.74, 6) is 2.53. The topological polar surface area (TPSA) is 196 Å². The molecule has 0 bridgehead atoms. The van der Waals surface area contributed by atoms with Crippen LogP contribution in [0.5, 0.6) is 28.9 Å². The summed E-state index contributed by atoms with van der Waals surface area (Å²) in [6.07, 6.45) is 1.57. The molecular weight excluding hydrogens is 769 g/mol. The van der Waals surface area contributed by atoms with Gasteiger partial charge in [-0.1, -0.05) is 51.1 Å². The van der Waals surface area contributed by atoms with Crippen molar-refractivity contribution >= 4 is 51.1 Å². The summed E-state index contributed by atoms with van der Waals surface area (Å²) in [5, 5.41) is 10.4. The lowest BCUT2D eigenvalue weighted by atomic mass is 9.85. The maximum Gasteiger partial charge on any atom is 0.323 e. The second kappa shape index (κ2) is 21.3. The molecule has 16 nitrogen and oxygen atoms in total. The zero-order valence-electron chi connectivity index (χ0n) is 33.3. The fourth-order valence-corrected chi connectivity index (χ4v) is 5.97. The Bertz CT molecular complexity index is 2170. The molecule has 5 aromatic rings. The van der Waals surface area contributed by atoms with Crippen molar-refractivity contribution in [3.8, 4) is 28.9 Å². The fourth-order valence-electron chi connectivity index (χ4n) is 5.70. The first-order valence-electron chi connectivity index (χ1n) is 18.4. The van der Waals surface area contributed by atoms with Gasteiger partial charge in [0, 0.05) is 77.4 Å². The zero-order chi connectivity index (χ0) is 41.5. The van der Waals surface area contributed by atoms with Gasteiger partial charge in [-0.2, -0.15) is 4.98 Å². The quantitative estimate of drug-likeness (QED) is 0.0434. The number of benzene rings is 4. The van der Waals surface area contributed by atoms with Crippen molar-refractivity contribution < 1.29 is 46.7 Å². The highest BCUT2D eigenvalue weighted by molar-refractivity contribution is 7.77. The summed E-state index contributed by atoms with van der Waals surface area (Å²) in [4.78, 5) is 22.4. The molecule has 1 unspecified atom stereocenters. The first kappa shape index (κ1) is 43.6. The number of aromatic nitrogens is 2. The molecule has 58 heavy (non-hydrogen) atoms. The molecule has 2 amide bonds. The third-order valence-electron chi connectivity index (χ3n) is 8.51. The maximum atomic E-state index is 13.5.